The first-order chi connectivity index (χ1) is 7.69. The molecule has 1 aromatic rings. The SMILES string of the molecule is COC1CCN(Cc2ccc(N)c(C)c2)C1. The average molecular weight is 220 g/mol. The molecule has 1 unspecified atom stereocenters. The lowest BCUT2D eigenvalue weighted by Gasteiger charge is -2.16. The van der Waals surface area contributed by atoms with Gasteiger partial charge in [0.15, 0.2) is 0 Å². The van der Waals surface area contributed by atoms with Gasteiger partial charge in [-0.25, -0.2) is 0 Å². The molecule has 1 aromatic carbocycles. The van der Waals surface area contributed by atoms with Crippen LogP contribution < -0.4 is 5.73 Å². The van der Waals surface area contributed by atoms with Crippen LogP contribution in [0.5, 0.6) is 0 Å². The minimum absolute atomic E-state index is 0.412. The number of anilines is 1. The lowest BCUT2D eigenvalue weighted by molar-refractivity contribution is 0.107. The zero-order valence-corrected chi connectivity index (χ0v) is 10.1. The van der Waals surface area contributed by atoms with Crippen LogP contribution in [0.15, 0.2) is 18.2 Å². The van der Waals surface area contributed by atoms with Crippen molar-refractivity contribution in [1.29, 1.82) is 0 Å². The molecule has 1 atom stereocenters. The zero-order chi connectivity index (χ0) is 11.5. The molecule has 88 valence electrons. The number of nitrogens with two attached hydrogens (primary N) is 1. The molecule has 0 amide bonds. The van der Waals surface area contributed by atoms with Gasteiger partial charge in [-0.2, -0.15) is 0 Å². The van der Waals surface area contributed by atoms with Crippen LogP contribution >= 0.6 is 0 Å². The monoisotopic (exact) mass is 220 g/mol. The Balaban J connectivity index is 1.97. The third-order valence-electron chi connectivity index (χ3n) is 3.30. The molecule has 1 heterocycles. The van der Waals surface area contributed by atoms with E-state index in [-0.39, 0.29) is 0 Å². The summed E-state index contributed by atoms with van der Waals surface area (Å²) in [5.41, 5.74) is 9.18. The van der Waals surface area contributed by atoms with Crippen LogP contribution in [0.1, 0.15) is 17.5 Å². The van der Waals surface area contributed by atoms with E-state index in [2.05, 4.69) is 24.0 Å². The Hall–Kier alpha value is -1.06. The van der Waals surface area contributed by atoms with Gasteiger partial charge in [0, 0.05) is 32.4 Å². The number of ether oxygens (including phenoxy) is 1. The van der Waals surface area contributed by atoms with E-state index in [9.17, 15) is 0 Å². The molecule has 0 radical (unpaired) electrons. The Bertz CT molecular complexity index is 365. The van der Waals surface area contributed by atoms with Gasteiger partial charge >= 0.3 is 0 Å². The first kappa shape index (κ1) is 11.4. The summed E-state index contributed by atoms with van der Waals surface area (Å²) in [4.78, 5) is 2.43. The smallest absolute Gasteiger partial charge is 0.0710 e. The van der Waals surface area contributed by atoms with Gasteiger partial charge in [0.1, 0.15) is 0 Å². The average Bonchev–Trinajstić information content (AvgIpc) is 2.71. The fourth-order valence-corrected chi connectivity index (χ4v) is 2.23. The van der Waals surface area contributed by atoms with Crippen molar-refractivity contribution in [3.05, 3.63) is 29.3 Å². The van der Waals surface area contributed by atoms with E-state index in [1.165, 1.54) is 11.1 Å². The maximum atomic E-state index is 5.81. The van der Waals surface area contributed by atoms with E-state index in [0.29, 0.717) is 6.10 Å². The zero-order valence-electron chi connectivity index (χ0n) is 10.1. The maximum Gasteiger partial charge on any atom is 0.0710 e. The molecular weight excluding hydrogens is 200 g/mol. The van der Waals surface area contributed by atoms with Gasteiger partial charge < -0.3 is 10.5 Å². The van der Waals surface area contributed by atoms with Crippen LogP contribution in [0.25, 0.3) is 0 Å². The molecule has 16 heavy (non-hydrogen) atoms. The Labute approximate surface area is 97.2 Å². The molecule has 1 fully saturated rings. The molecule has 1 saturated heterocycles. The number of hydrogen-bond donors (Lipinski definition) is 1. The highest BCUT2D eigenvalue weighted by Crippen LogP contribution is 2.18. The first-order valence-electron chi connectivity index (χ1n) is 5.79. The number of likely N-dealkylation sites (tertiary alicyclic amines) is 1. The summed E-state index contributed by atoms with van der Waals surface area (Å²) in [6, 6.07) is 6.28. The second-order valence-electron chi connectivity index (χ2n) is 4.57. The molecule has 0 aliphatic carbocycles. The summed E-state index contributed by atoms with van der Waals surface area (Å²) < 4.78 is 5.36. The number of methoxy groups -OCH3 is 1. The van der Waals surface area contributed by atoms with Gasteiger partial charge in [0.2, 0.25) is 0 Å². The third kappa shape index (κ3) is 2.54. The molecule has 2 rings (SSSR count). The molecule has 1 aliphatic rings. The highest BCUT2D eigenvalue weighted by molar-refractivity contribution is 5.47. The van der Waals surface area contributed by atoms with Crippen molar-refractivity contribution < 1.29 is 4.74 Å². The summed E-state index contributed by atoms with van der Waals surface area (Å²) >= 11 is 0. The van der Waals surface area contributed by atoms with Crippen molar-refractivity contribution in [2.24, 2.45) is 0 Å². The van der Waals surface area contributed by atoms with Crippen molar-refractivity contribution in [2.45, 2.75) is 26.0 Å². The summed E-state index contributed by atoms with van der Waals surface area (Å²) in [6.45, 7) is 5.23. The van der Waals surface area contributed by atoms with Crippen molar-refractivity contribution in [1.82, 2.24) is 4.90 Å². The molecule has 1 aliphatic heterocycles. The van der Waals surface area contributed by atoms with Crippen molar-refractivity contribution in [2.75, 3.05) is 25.9 Å². The standard InChI is InChI=1S/C13H20N2O/c1-10-7-11(3-4-13(10)14)8-15-6-5-12(9-15)16-2/h3-4,7,12H,5-6,8-9,14H2,1-2H3. The highest BCUT2D eigenvalue weighted by atomic mass is 16.5. The van der Waals surface area contributed by atoms with E-state index in [1.54, 1.807) is 7.11 Å². The number of hydrogen-bond acceptors (Lipinski definition) is 3. The minimum atomic E-state index is 0.412. The Kier molecular flexibility index (Phi) is 3.46. The minimum Gasteiger partial charge on any atom is -0.399 e. The molecule has 3 nitrogen and oxygen atoms in total. The van der Waals surface area contributed by atoms with Crippen LogP contribution in [-0.2, 0) is 11.3 Å². The predicted molar refractivity (Wildman–Crippen MR) is 66.3 cm³/mol. The van der Waals surface area contributed by atoms with Crippen molar-refractivity contribution >= 4 is 5.69 Å². The van der Waals surface area contributed by atoms with E-state index in [4.69, 9.17) is 10.5 Å². The van der Waals surface area contributed by atoms with Gasteiger partial charge in [-0.15, -0.1) is 0 Å². The number of aryl methyl sites for hydroxylation is 1. The van der Waals surface area contributed by atoms with Gasteiger partial charge in [-0.05, 0) is 30.5 Å². The number of benzene rings is 1. The van der Waals surface area contributed by atoms with Gasteiger partial charge in [0.05, 0.1) is 6.10 Å². The van der Waals surface area contributed by atoms with E-state index in [0.717, 1.165) is 31.7 Å². The summed E-state index contributed by atoms with van der Waals surface area (Å²) in [6.07, 6.45) is 1.56. The van der Waals surface area contributed by atoms with Crippen LogP contribution in [-0.4, -0.2) is 31.2 Å². The molecule has 0 bridgehead atoms. The first-order valence-corrected chi connectivity index (χ1v) is 5.79. The predicted octanol–water partition coefficient (Wildman–Crippen LogP) is 1.80. The van der Waals surface area contributed by atoms with Gasteiger partial charge in [-0.1, -0.05) is 12.1 Å². The van der Waals surface area contributed by atoms with E-state index >= 15 is 0 Å². The summed E-state index contributed by atoms with van der Waals surface area (Å²) in [7, 11) is 1.79. The van der Waals surface area contributed by atoms with Crippen molar-refractivity contribution in [3.8, 4) is 0 Å². The largest absolute Gasteiger partial charge is 0.399 e. The lowest BCUT2D eigenvalue weighted by atomic mass is 10.1. The number of nitrogens with zero attached hydrogens (tertiary/aromatic N) is 1. The Morgan fingerprint density at radius 1 is 1.50 bits per heavy atom. The second kappa shape index (κ2) is 4.85. The topological polar surface area (TPSA) is 38.5 Å². The Morgan fingerprint density at radius 3 is 2.94 bits per heavy atom. The second-order valence-corrected chi connectivity index (χ2v) is 4.57. The molecule has 0 aromatic heterocycles. The quantitative estimate of drug-likeness (QED) is 0.789. The fraction of sp³-hybridized carbons (Fsp3) is 0.538. The fourth-order valence-electron chi connectivity index (χ4n) is 2.23. The Morgan fingerprint density at radius 2 is 2.31 bits per heavy atom. The highest BCUT2D eigenvalue weighted by Gasteiger charge is 2.21. The molecule has 2 N–H and O–H groups in total. The third-order valence-corrected chi connectivity index (χ3v) is 3.30. The van der Waals surface area contributed by atoms with Gasteiger partial charge in [-0.3, -0.25) is 4.90 Å². The molecular formula is C13H20N2O. The van der Waals surface area contributed by atoms with E-state index < -0.39 is 0 Å². The normalized spacial score (nSPS) is 21.5. The molecule has 3 heteroatoms. The van der Waals surface area contributed by atoms with Crippen LogP contribution in [0, 0.1) is 6.92 Å². The summed E-state index contributed by atoms with van der Waals surface area (Å²) in [5.74, 6) is 0. The van der Waals surface area contributed by atoms with E-state index in [1.807, 2.05) is 6.07 Å². The lowest BCUT2D eigenvalue weighted by Crippen LogP contribution is -2.22. The molecule has 0 saturated carbocycles. The molecule has 0 spiro atoms. The van der Waals surface area contributed by atoms with Crippen molar-refractivity contribution in [3.63, 3.8) is 0 Å². The van der Waals surface area contributed by atoms with Crippen LogP contribution in [0.3, 0.4) is 0 Å². The van der Waals surface area contributed by atoms with Gasteiger partial charge in [0.25, 0.3) is 0 Å². The number of rotatable bonds is 3. The maximum absolute atomic E-state index is 5.81. The summed E-state index contributed by atoms with van der Waals surface area (Å²) in [5, 5.41) is 0. The van der Waals surface area contributed by atoms with Crippen LogP contribution in [0.2, 0.25) is 0 Å². The van der Waals surface area contributed by atoms with Crippen LogP contribution in [0.4, 0.5) is 5.69 Å². The number of nitrogen functional groups attached to an aromatic ring is 1.